The third kappa shape index (κ3) is 3.86. The van der Waals surface area contributed by atoms with Crippen LogP contribution in [0, 0.1) is 10.8 Å². The molecule has 0 aromatic rings. The van der Waals surface area contributed by atoms with Gasteiger partial charge in [0, 0.05) is 0 Å². The van der Waals surface area contributed by atoms with Crippen molar-refractivity contribution >= 4 is 5.97 Å². The van der Waals surface area contributed by atoms with Gasteiger partial charge < -0.3 is 5.11 Å². The van der Waals surface area contributed by atoms with E-state index in [0.717, 1.165) is 6.92 Å². The molecule has 0 aliphatic carbocycles. The normalized spacial score (nSPS) is 16.3. The number of aliphatic carboxylic acids is 1. The van der Waals surface area contributed by atoms with Gasteiger partial charge in [0.25, 0.3) is 0 Å². The van der Waals surface area contributed by atoms with Crippen molar-refractivity contribution in [3.05, 3.63) is 4.91 Å². The lowest BCUT2D eigenvalue weighted by atomic mass is 10.0. The molecule has 0 bridgehead atoms. The number of alkyl halides is 3. The predicted octanol–water partition coefficient (Wildman–Crippen LogP) is 1.79. The third-order valence-corrected chi connectivity index (χ3v) is 1.55. The number of rotatable bonds is 4. The summed E-state index contributed by atoms with van der Waals surface area (Å²) in [5.74, 6) is -3.47. The SMILES string of the molecule is CC(CC(N=O)C(=O)O)C(F)(F)F. The summed E-state index contributed by atoms with van der Waals surface area (Å²) in [5.41, 5.74) is 0. The van der Waals surface area contributed by atoms with E-state index in [4.69, 9.17) is 5.11 Å². The van der Waals surface area contributed by atoms with Crippen LogP contribution in [0.5, 0.6) is 0 Å². The predicted molar refractivity (Wildman–Crippen MR) is 37.1 cm³/mol. The summed E-state index contributed by atoms with van der Waals surface area (Å²) in [6.07, 6.45) is -5.30. The first kappa shape index (κ1) is 11.9. The maximum Gasteiger partial charge on any atom is 0.391 e. The summed E-state index contributed by atoms with van der Waals surface area (Å²) < 4.78 is 35.6. The van der Waals surface area contributed by atoms with Gasteiger partial charge in [-0.1, -0.05) is 12.1 Å². The van der Waals surface area contributed by atoms with Crippen molar-refractivity contribution in [2.45, 2.75) is 25.6 Å². The highest BCUT2D eigenvalue weighted by molar-refractivity contribution is 5.73. The van der Waals surface area contributed by atoms with E-state index in [-0.39, 0.29) is 0 Å². The number of carboxylic acids is 1. The largest absolute Gasteiger partial charge is 0.480 e. The van der Waals surface area contributed by atoms with Crippen molar-refractivity contribution < 1.29 is 23.1 Å². The molecule has 0 fully saturated rings. The minimum Gasteiger partial charge on any atom is -0.480 e. The summed E-state index contributed by atoms with van der Waals surface area (Å²) in [5, 5.41) is 10.3. The van der Waals surface area contributed by atoms with Crippen LogP contribution in [-0.4, -0.2) is 23.3 Å². The molecular formula is C6H8F3NO3. The van der Waals surface area contributed by atoms with E-state index < -0.39 is 30.5 Å². The van der Waals surface area contributed by atoms with Gasteiger partial charge in [-0.25, -0.2) is 4.79 Å². The van der Waals surface area contributed by atoms with E-state index in [0.29, 0.717) is 0 Å². The number of hydrogen-bond acceptors (Lipinski definition) is 3. The Kier molecular flexibility index (Phi) is 3.83. The Morgan fingerprint density at radius 1 is 1.54 bits per heavy atom. The third-order valence-electron chi connectivity index (χ3n) is 1.55. The van der Waals surface area contributed by atoms with Crippen molar-refractivity contribution in [2.24, 2.45) is 11.1 Å². The van der Waals surface area contributed by atoms with Gasteiger partial charge >= 0.3 is 12.1 Å². The molecule has 0 aromatic heterocycles. The van der Waals surface area contributed by atoms with Crippen LogP contribution in [0.1, 0.15) is 13.3 Å². The first-order valence-electron chi connectivity index (χ1n) is 3.41. The van der Waals surface area contributed by atoms with Crippen LogP contribution >= 0.6 is 0 Å². The molecule has 0 amide bonds. The Bertz CT molecular complexity index is 204. The Balaban J connectivity index is 4.25. The zero-order valence-electron chi connectivity index (χ0n) is 6.71. The second kappa shape index (κ2) is 4.20. The number of carboxylic acid groups (broad SMARTS) is 1. The zero-order valence-corrected chi connectivity index (χ0v) is 6.71. The van der Waals surface area contributed by atoms with Gasteiger partial charge in [0.15, 0.2) is 6.04 Å². The summed E-state index contributed by atoms with van der Waals surface area (Å²) >= 11 is 0. The van der Waals surface area contributed by atoms with Crippen LogP contribution < -0.4 is 0 Å². The molecule has 0 aliphatic heterocycles. The van der Waals surface area contributed by atoms with Crippen molar-refractivity contribution in [1.29, 1.82) is 0 Å². The van der Waals surface area contributed by atoms with Gasteiger partial charge in [0.05, 0.1) is 5.92 Å². The van der Waals surface area contributed by atoms with Crippen molar-refractivity contribution in [3.63, 3.8) is 0 Å². The van der Waals surface area contributed by atoms with Crippen LogP contribution in [0.15, 0.2) is 5.18 Å². The summed E-state index contributed by atoms with van der Waals surface area (Å²) in [6, 6.07) is -1.82. The van der Waals surface area contributed by atoms with Gasteiger partial charge in [-0.15, -0.1) is 4.91 Å². The Morgan fingerprint density at radius 2 is 2.00 bits per heavy atom. The maximum atomic E-state index is 11.9. The molecule has 4 nitrogen and oxygen atoms in total. The molecule has 76 valence electrons. The van der Waals surface area contributed by atoms with E-state index in [1.54, 1.807) is 0 Å². The molecule has 0 heterocycles. The number of halogens is 3. The average Bonchev–Trinajstić information content (AvgIpc) is 1.96. The highest BCUT2D eigenvalue weighted by atomic mass is 19.4. The number of nitrogens with zero attached hydrogens (tertiary/aromatic N) is 1. The van der Waals surface area contributed by atoms with Crippen LogP contribution in [-0.2, 0) is 4.79 Å². The zero-order chi connectivity index (χ0) is 10.6. The molecule has 0 spiro atoms. The summed E-state index contributed by atoms with van der Waals surface area (Å²) in [6.45, 7) is 0.807. The standard InChI is InChI=1S/C6H8F3NO3/c1-3(6(7,8)9)2-4(10-13)5(11)12/h3-4H,2H2,1H3,(H,11,12). The lowest BCUT2D eigenvalue weighted by molar-refractivity contribution is -0.173. The van der Waals surface area contributed by atoms with E-state index in [9.17, 15) is 22.9 Å². The number of carbonyl (C=O) groups is 1. The minimum atomic E-state index is -4.49. The van der Waals surface area contributed by atoms with Gasteiger partial charge in [-0.3, -0.25) is 0 Å². The van der Waals surface area contributed by atoms with Crippen LogP contribution in [0.4, 0.5) is 13.2 Å². The molecule has 2 atom stereocenters. The van der Waals surface area contributed by atoms with Crippen LogP contribution in [0.25, 0.3) is 0 Å². The van der Waals surface area contributed by atoms with E-state index >= 15 is 0 Å². The van der Waals surface area contributed by atoms with Gasteiger partial charge in [0.2, 0.25) is 0 Å². The Hall–Kier alpha value is -1.14. The average molecular weight is 199 g/mol. The molecule has 2 unspecified atom stereocenters. The molecule has 0 aliphatic rings. The van der Waals surface area contributed by atoms with Gasteiger partial charge in [-0.2, -0.15) is 13.2 Å². The van der Waals surface area contributed by atoms with E-state index in [1.807, 2.05) is 0 Å². The fourth-order valence-electron chi connectivity index (χ4n) is 0.657. The van der Waals surface area contributed by atoms with Crippen molar-refractivity contribution in [2.75, 3.05) is 0 Å². The second-order valence-electron chi connectivity index (χ2n) is 2.64. The maximum absolute atomic E-state index is 11.9. The smallest absolute Gasteiger partial charge is 0.391 e. The minimum absolute atomic E-state index is 0.807. The monoisotopic (exact) mass is 199 g/mol. The van der Waals surface area contributed by atoms with Gasteiger partial charge in [-0.05, 0) is 6.42 Å². The lowest BCUT2D eigenvalue weighted by Gasteiger charge is -2.15. The van der Waals surface area contributed by atoms with Crippen molar-refractivity contribution in [3.8, 4) is 0 Å². The molecule has 0 saturated carbocycles. The fraction of sp³-hybridized carbons (Fsp3) is 0.833. The molecule has 13 heavy (non-hydrogen) atoms. The highest BCUT2D eigenvalue weighted by Gasteiger charge is 2.39. The first-order chi connectivity index (χ1) is 5.79. The molecule has 7 heteroatoms. The fourth-order valence-corrected chi connectivity index (χ4v) is 0.657. The first-order valence-corrected chi connectivity index (χ1v) is 3.41. The quantitative estimate of drug-likeness (QED) is 0.702. The second-order valence-corrected chi connectivity index (χ2v) is 2.64. The summed E-state index contributed by atoms with van der Waals surface area (Å²) in [7, 11) is 0. The Morgan fingerprint density at radius 3 is 2.23 bits per heavy atom. The topological polar surface area (TPSA) is 66.7 Å². The molecule has 1 N–H and O–H groups in total. The summed E-state index contributed by atoms with van der Waals surface area (Å²) in [4.78, 5) is 19.9. The van der Waals surface area contributed by atoms with Crippen LogP contribution in [0.3, 0.4) is 0 Å². The van der Waals surface area contributed by atoms with E-state index in [2.05, 4.69) is 5.18 Å². The number of hydrogen-bond donors (Lipinski definition) is 1. The molecule has 0 radical (unpaired) electrons. The molecule has 0 rings (SSSR count). The van der Waals surface area contributed by atoms with E-state index in [1.165, 1.54) is 0 Å². The van der Waals surface area contributed by atoms with Crippen molar-refractivity contribution in [1.82, 2.24) is 0 Å². The van der Waals surface area contributed by atoms with Gasteiger partial charge in [0.1, 0.15) is 0 Å². The number of nitroso groups, excluding NO2 is 1. The molecular weight excluding hydrogens is 191 g/mol. The molecule has 0 aromatic carbocycles. The lowest BCUT2D eigenvalue weighted by Crippen LogP contribution is -2.28. The van der Waals surface area contributed by atoms with Crippen LogP contribution in [0.2, 0.25) is 0 Å². The Labute approximate surface area is 71.7 Å². The molecule has 0 saturated heterocycles. The highest BCUT2D eigenvalue weighted by Crippen LogP contribution is 2.29.